The average Bonchev–Trinajstić information content (AvgIpc) is 2.90. The molecule has 0 heterocycles. The monoisotopic (exact) mass is 597 g/mol. The summed E-state index contributed by atoms with van der Waals surface area (Å²) in [6, 6.07) is 14.7. The van der Waals surface area contributed by atoms with E-state index in [-0.39, 0.29) is 18.7 Å². The fourth-order valence-corrected chi connectivity index (χ4v) is 4.32. The van der Waals surface area contributed by atoms with Gasteiger partial charge in [-0.2, -0.15) is 12.6 Å². The standard InChI is InChI=1S/C32H43N3O6S/c1-8-19-35(28(37)25(21-42)34-30(39)41-32(5,6)7)26(23-17-13-10-14-18-23)27(36)33-24(29(38)40-31(2,3)4)20-22-15-11-9-12-16-22/h8-18,24-26,42H,1,19-21H2,2-7H3,(H,33,36)(H,34,39). The van der Waals surface area contributed by atoms with Gasteiger partial charge in [0.15, 0.2) is 0 Å². The van der Waals surface area contributed by atoms with Gasteiger partial charge in [-0.3, -0.25) is 9.59 Å². The first kappa shape index (κ1) is 34.4. The Morgan fingerprint density at radius 1 is 0.857 bits per heavy atom. The molecule has 0 saturated carbocycles. The van der Waals surface area contributed by atoms with Gasteiger partial charge in [-0.25, -0.2) is 9.59 Å². The lowest BCUT2D eigenvalue weighted by Crippen LogP contribution is -2.55. The molecule has 3 atom stereocenters. The quantitative estimate of drug-likeness (QED) is 0.187. The molecular weight excluding hydrogens is 554 g/mol. The Morgan fingerprint density at radius 3 is 1.90 bits per heavy atom. The molecule has 2 aromatic carbocycles. The van der Waals surface area contributed by atoms with E-state index in [1.54, 1.807) is 71.9 Å². The molecule has 0 aliphatic rings. The molecule has 0 aliphatic carbocycles. The highest BCUT2D eigenvalue weighted by Gasteiger charge is 2.37. The summed E-state index contributed by atoms with van der Waals surface area (Å²) in [6.45, 7) is 14.1. The second kappa shape index (κ2) is 15.4. The highest BCUT2D eigenvalue weighted by atomic mass is 32.1. The summed E-state index contributed by atoms with van der Waals surface area (Å²) in [7, 11) is 0. The lowest BCUT2D eigenvalue weighted by atomic mass is 10.0. The van der Waals surface area contributed by atoms with Gasteiger partial charge in [0.05, 0.1) is 0 Å². The van der Waals surface area contributed by atoms with Crippen LogP contribution in [0.25, 0.3) is 0 Å². The number of hydrogen-bond donors (Lipinski definition) is 3. The molecule has 42 heavy (non-hydrogen) atoms. The fourth-order valence-electron chi connectivity index (χ4n) is 4.07. The fraction of sp³-hybridized carbons (Fsp3) is 0.438. The number of ether oxygens (including phenoxy) is 2. The Hall–Kier alpha value is -3.79. The minimum absolute atomic E-state index is 0.0259. The molecule has 0 radical (unpaired) electrons. The van der Waals surface area contributed by atoms with Crippen LogP contribution in [-0.2, 0) is 30.3 Å². The van der Waals surface area contributed by atoms with Gasteiger partial charge in [-0.05, 0) is 52.7 Å². The van der Waals surface area contributed by atoms with Crippen LogP contribution < -0.4 is 10.6 Å². The van der Waals surface area contributed by atoms with Gasteiger partial charge < -0.3 is 25.0 Å². The molecule has 0 spiro atoms. The van der Waals surface area contributed by atoms with Crippen molar-refractivity contribution in [3.63, 3.8) is 0 Å². The van der Waals surface area contributed by atoms with E-state index in [0.717, 1.165) is 5.56 Å². The normalized spacial score (nSPS) is 13.6. The molecule has 3 unspecified atom stereocenters. The maximum absolute atomic E-state index is 14.1. The zero-order valence-corrected chi connectivity index (χ0v) is 26.1. The van der Waals surface area contributed by atoms with Gasteiger partial charge in [0.1, 0.15) is 29.3 Å². The predicted molar refractivity (Wildman–Crippen MR) is 166 cm³/mol. The van der Waals surface area contributed by atoms with Crippen molar-refractivity contribution in [1.29, 1.82) is 0 Å². The number of nitrogens with zero attached hydrogens (tertiary/aromatic N) is 1. The molecular formula is C32H43N3O6S. The molecule has 2 rings (SSSR count). The largest absolute Gasteiger partial charge is 0.458 e. The third-order valence-electron chi connectivity index (χ3n) is 5.75. The van der Waals surface area contributed by atoms with Crippen molar-refractivity contribution in [2.45, 2.75) is 77.3 Å². The van der Waals surface area contributed by atoms with Gasteiger partial charge in [0, 0.05) is 18.7 Å². The Labute approximate surface area is 254 Å². The van der Waals surface area contributed by atoms with Crippen molar-refractivity contribution in [3.8, 4) is 0 Å². The zero-order valence-electron chi connectivity index (χ0n) is 25.3. The van der Waals surface area contributed by atoms with Crippen LogP contribution in [0.3, 0.4) is 0 Å². The summed E-state index contributed by atoms with van der Waals surface area (Å²) >= 11 is 4.28. The van der Waals surface area contributed by atoms with E-state index in [0.29, 0.717) is 5.56 Å². The molecule has 3 amide bonds. The minimum atomic E-state index is -1.17. The zero-order chi connectivity index (χ0) is 31.5. The topological polar surface area (TPSA) is 114 Å². The summed E-state index contributed by atoms with van der Waals surface area (Å²) in [5, 5.41) is 5.39. The molecule has 10 heteroatoms. The van der Waals surface area contributed by atoms with Crippen LogP contribution in [-0.4, -0.2) is 64.4 Å². The van der Waals surface area contributed by atoms with Crippen molar-refractivity contribution >= 4 is 36.5 Å². The van der Waals surface area contributed by atoms with Crippen LogP contribution in [0.4, 0.5) is 4.79 Å². The minimum Gasteiger partial charge on any atom is -0.458 e. The van der Waals surface area contributed by atoms with Crippen LogP contribution >= 0.6 is 12.6 Å². The van der Waals surface area contributed by atoms with Gasteiger partial charge in [0.25, 0.3) is 0 Å². The van der Waals surface area contributed by atoms with Crippen LogP contribution in [0.15, 0.2) is 73.3 Å². The maximum atomic E-state index is 14.1. The van der Waals surface area contributed by atoms with Crippen molar-refractivity contribution in [2.75, 3.05) is 12.3 Å². The third-order valence-corrected chi connectivity index (χ3v) is 6.11. The van der Waals surface area contributed by atoms with E-state index in [1.165, 1.54) is 11.0 Å². The Morgan fingerprint density at radius 2 is 1.40 bits per heavy atom. The molecule has 0 fully saturated rings. The van der Waals surface area contributed by atoms with E-state index in [1.807, 2.05) is 30.3 Å². The smallest absolute Gasteiger partial charge is 0.408 e. The van der Waals surface area contributed by atoms with Crippen LogP contribution in [0.5, 0.6) is 0 Å². The van der Waals surface area contributed by atoms with Gasteiger partial charge >= 0.3 is 12.1 Å². The van der Waals surface area contributed by atoms with E-state index in [2.05, 4.69) is 29.8 Å². The number of benzene rings is 2. The number of esters is 1. The SMILES string of the molecule is C=CCN(C(=O)C(CS)NC(=O)OC(C)(C)C)C(C(=O)NC(Cc1ccccc1)C(=O)OC(C)(C)C)c1ccccc1. The highest BCUT2D eigenvalue weighted by Crippen LogP contribution is 2.24. The number of amides is 3. The number of rotatable bonds is 12. The molecule has 2 N–H and O–H groups in total. The number of hydrogen-bond acceptors (Lipinski definition) is 7. The van der Waals surface area contributed by atoms with E-state index >= 15 is 0 Å². The molecule has 0 aliphatic heterocycles. The molecule has 2 aromatic rings. The van der Waals surface area contributed by atoms with Crippen molar-refractivity contribution in [2.24, 2.45) is 0 Å². The first-order valence-corrected chi connectivity index (χ1v) is 14.4. The Balaban J connectivity index is 2.47. The lowest BCUT2D eigenvalue weighted by Gasteiger charge is -2.34. The van der Waals surface area contributed by atoms with Gasteiger partial charge in [-0.15, -0.1) is 6.58 Å². The van der Waals surface area contributed by atoms with E-state index in [4.69, 9.17) is 9.47 Å². The number of thiol groups is 1. The summed E-state index contributed by atoms with van der Waals surface area (Å²) in [5.74, 6) is -1.83. The third kappa shape index (κ3) is 11.2. The maximum Gasteiger partial charge on any atom is 0.408 e. The van der Waals surface area contributed by atoms with Crippen molar-refractivity contribution in [1.82, 2.24) is 15.5 Å². The molecule has 9 nitrogen and oxygen atoms in total. The number of carbonyl (C=O) groups excluding carboxylic acids is 4. The molecule has 0 aromatic heterocycles. The predicted octanol–water partition coefficient (Wildman–Crippen LogP) is 4.63. The van der Waals surface area contributed by atoms with Gasteiger partial charge in [0.2, 0.25) is 11.8 Å². The molecule has 228 valence electrons. The summed E-state index contributed by atoms with van der Waals surface area (Å²) in [4.78, 5) is 55.0. The lowest BCUT2D eigenvalue weighted by molar-refractivity contribution is -0.159. The van der Waals surface area contributed by atoms with Gasteiger partial charge in [-0.1, -0.05) is 66.7 Å². The van der Waals surface area contributed by atoms with E-state index < -0.39 is 53.2 Å². The second-order valence-corrected chi connectivity index (χ2v) is 12.1. The van der Waals surface area contributed by atoms with Crippen LogP contribution in [0, 0.1) is 0 Å². The van der Waals surface area contributed by atoms with Crippen molar-refractivity contribution in [3.05, 3.63) is 84.4 Å². The molecule has 0 saturated heterocycles. The summed E-state index contributed by atoms with van der Waals surface area (Å²) in [5.41, 5.74) is -0.242. The van der Waals surface area contributed by atoms with Crippen LogP contribution in [0.1, 0.15) is 58.7 Å². The summed E-state index contributed by atoms with van der Waals surface area (Å²) < 4.78 is 11.0. The number of alkyl carbamates (subject to hydrolysis) is 1. The first-order valence-electron chi connectivity index (χ1n) is 13.8. The van der Waals surface area contributed by atoms with Crippen molar-refractivity contribution < 1.29 is 28.7 Å². The first-order chi connectivity index (χ1) is 19.6. The van der Waals surface area contributed by atoms with E-state index in [9.17, 15) is 19.2 Å². The highest BCUT2D eigenvalue weighted by molar-refractivity contribution is 7.80. The summed E-state index contributed by atoms with van der Waals surface area (Å²) in [6.07, 6.45) is 0.874. The molecule has 0 bridgehead atoms. The van der Waals surface area contributed by atoms with Crippen LogP contribution in [0.2, 0.25) is 0 Å². The number of carbonyl (C=O) groups is 4. The number of nitrogens with one attached hydrogen (secondary N) is 2. The Bertz CT molecular complexity index is 1210. The second-order valence-electron chi connectivity index (χ2n) is 11.8. The Kier molecular flexibility index (Phi) is 12.7. The average molecular weight is 598 g/mol.